The third-order valence-electron chi connectivity index (χ3n) is 2.96. The van der Waals surface area contributed by atoms with E-state index in [1.807, 2.05) is 43.0 Å². The van der Waals surface area contributed by atoms with Gasteiger partial charge in [-0.1, -0.05) is 19.1 Å². The second kappa shape index (κ2) is 6.38. The number of ether oxygens (including phenoxy) is 1. The molecular formula is C15H21N3O. The Morgan fingerprint density at radius 3 is 2.47 bits per heavy atom. The number of aromatic nitrogens is 2. The molecule has 0 fully saturated rings. The van der Waals surface area contributed by atoms with Crippen LogP contribution in [0.1, 0.15) is 31.1 Å². The topological polar surface area (TPSA) is 39.1 Å². The predicted molar refractivity (Wildman–Crippen MR) is 76.3 cm³/mol. The van der Waals surface area contributed by atoms with E-state index in [2.05, 4.69) is 29.5 Å². The average Bonchev–Trinajstić information content (AvgIpc) is 2.84. The van der Waals surface area contributed by atoms with Crippen LogP contribution in [0.15, 0.2) is 36.5 Å². The summed E-state index contributed by atoms with van der Waals surface area (Å²) in [5.74, 6) is 0.905. The van der Waals surface area contributed by atoms with Crippen molar-refractivity contribution in [3.63, 3.8) is 0 Å². The molecule has 2 rings (SSSR count). The van der Waals surface area contributed by atoms with Crippen LogP contribution in [0.3, 0.4) is 0 Å². The molecule has 0 amide bonds. The minimum atomic E-state index is 0.127. The molecule has 4 heteroatoms. The SMILES string of the molecule is CCNC(c1ccc(OCC)cc1)c1ccn(C)n1. The summed E-state index contributed by atoms with van der Waals surface area (Å²) in [7, 11) is 1.94. The van der Waals surface area contributed by atoms with Crippen molar-refractivity contribution in [2.75, 3.05) is 13.2 Å². The normalized spacial score (nSPS) is 12.4. The second-order valence-electron chi connectivity index (χ2n) is 4.41. The Bertz CT molecular complexity index is 504. The van der Waals surface area contributed by atoms with Gasteiger partial charge in [0.25, 0.3) is 0 Å². The summed E-state index contributed by atoms with van der Waals surface area (Å²) in [6.45, 7) is 5.68. The van der Waals surface area contributed by atoms with Crippen molar-refractivity contribution in [1.82, 2.24) is 15.1 Å². The Hall–Kier alpha value is -1.81. The van der Waals surface area contributed by atoms with E-state index >= 15 is 0 Å². The molecule has 0 bridgehead atoms. The quantitative estimate of drug-likeness (QED) is 0.866. The first-order valence-corrected chi connectivity index (χ1v) is 6.70. The minimum Gasteiger partial charge on any atom is -0.494 e. The molecule has 19 heavy (non-hydrogen) atoms. The average molecular weight is 259 g/mol. The van der Waals surface area contributed by atoms with Crippen LogP contribution in [0.4, 0.5) is 0 Å². The summed E-state index contributed by atoms with van der Waals surface area (Å²) in [5.41, 5.74) is 2.23. The Morgan fingerprint density at radius 1 is 1.21 bits per heavy atom. The number of nitrogens with zero attached hydrogens (tertiary/aromatic N) is 2. The molecule has 0 radical (unpaired) electrons. The summed E-state index contributed by atoms with van der Waals surface area (Å²) in [5, 5.41) is 7.95. The van der Waals surface area contributed by atoms with E-state index in [-0.39, 0.29) is 6.04 Å². The number of rotatable bonds is 6. The zero-order chi connectivity index (χ0) is 13.7. The maximum Gasteiger partial charge on any atom is 0.119 e. The fraction of sp³-hybridized carbons (Fsp3) is 0.400. The fourth-order valence-corrected chi connectivity index (χ4v) is 2.11. The molecule has 4 nitrogen and oxygen atoms in total. The van der Waals surface area contributed by atoms with Crippen LogP contribution in [-0.4, -0.2) is 22.9 Å². The second-order valence-corrected chi connectivity index (χ2v) is 4.41. The zero-order valence-electron chi connectivity index (χ0n) is 11.8. The lowest BCUT2D eigenvalue weighted by atomic mass is 10.0. The summed E-state index contributed by atoms with van der Waals surface area (Å²) in [6, 6.07) is 10.4. The molecule has 1 unspecified atom stereocenters. The van der Waals surface area contributed by atoms with E-state index in [0.29, 0.717) is 6.61 Å². The summed E-state index contributed by atoms with van der Waals surface area (Å²) < 4.78 is 7.30. The van der Waals surface area contributed by atoms with E-state index in [9.17, 15) is 0 Å². The van der Waals surface area contributed by atoms with Gasteiger partial charge in [0.2, 0.25) is 0 Å². The minimum absolute atomic E-state index is 0.127. The lowest BCUT2D eigenvalue weighted by Gasteiger charge is -2.16. The van der Waals surface area contributed by atoms with Gasteiger partial charge in [-0.3, -0.25) is 4.68 Å². The van der Waals surface area contributed by atoms with Gasteiger partial charge in [-0.2, -0.15) is 5.10 Å². The maximum absolute atomic E-state index is 5.47. The molecule has 0 spiro atoms. The number of nitrogens with one attached hydrogen (secondary N) is 1. The van der Waals surface area contributed by atoms with Crippen molar-refractivity contribution in [2.24, 2.45) is 7.05 Å². The van der Waals surface area contributed by atoms with Gasteiger partial charge in [-0.25, -0.2) is 0 Å². The lowest BCUT2D eigenvalue weighted by Crippen LogP contribution is -2.22. The van der Waals surface area contributed by atoms with Crippen molar-refractivity contribution in [2.45, 2.75) is 19.9 Å². The Morgan fingerprint density at radius 2 is 1.95 bits per heavy atom. The molecule has 0 aliphatic carbocycles. The van der Waals surface area contributed by atoms with Gasteiger partial charge in [0.1, 0.15) is 5.75 Å². The molecule has 1 aromatic heterocycles. The van der Waals surface area contributed by atoms with Gasteiger partial charge in [0, 0.05) is 13.2 Å². The smallest absolute Gasteiger partial charge is 0.119 e. The van der Waals surface area contributed by atoms with Gasteiger partial charge in [0.15, 0.2) is 0 Å². The Kier molecular flexibility index (Phi) is 4.58. The molecule has 0 saturated carbocycles. The van der Waals surface area contributed by atoms with Crippen LogP contribution in [0.2, 0.25) is 0 Å². The van der Waals surface area contributed by atoms with E-state index in [0.717, 1.165) is 18.0 Å². The van der Waals surface area contributed by atoms with Crippen molar-refractivity contribution < 1.29 is 4.74 Å². The Balaban J connectivity index is 2.23. The van der Waals surface area contributed by atoms with Crippen LogP contribution in [0, 0.1) is 0 Å². The Labute approximate surface area is 114 Å². The monoisotopic (exact) mass is 259 g/mol. The number of hydrogen-bond donors (Lipinski definition) is 1. The summed E-state index contributed by atoms with van der Waals surface area (Å²) in [4.78, 5) is 0. The first-order valence-electron chi connectivity index (χ1n) is 6.70. The molecule has 0 aliphatic heterocycles. The highest BCUT2D eigenvalue weighted by atomic mass is 16.5. The molecule has 0 aliphatic rings. The van der Waals surface area contributed by atoms with Crippen molar-refractivity contribution >= 4 is 0 Å². The summed E-state index contributed by atoms with van der Waals surface area (Å²) >= 11 is 0. The fourth-order valence-electron chi connectivity index (χ4n) is 2.11. The third-order valence-corrected chi connectivity index (χ3v) is 2.96. The zero-order valence-corrected chi connectivity index (χ0v) is 11.8. The molecular weight excluding hydrogens is 238 g/mol. The van der Waals surface area contributed by atoms with Crippen LogP contribution < -0.4 is 10.1 Å². The van der Waals surface area contributed by atoms with E-state index in [1.165, 1.54) is 5.56 Å². The molecule has 1 N–H and O–H groups in total. The van der Waals surface area contributed by atoms with Gasteiger partial charge >= 0.3 is 0 Å². The van der Waals surface area contributed by atoms with Crippen LogP contribution >= 0.6 is 0 Å². The van der Waals surface area contributed by atoms with Crippen LogP contribution in [0.5, 0.6) is 5.75 Å². The lowest BCUT2D eigenvalue weighted by molar-refractivity contribution is 0.340. The molecule has 1 aromatic carbocycles. The third kappa shape index (κ3) is 3.35. The standard InChI is InChI=1S/C15H21N3O/c1-4-16-15(14-10-11-18(3)17-14)12-6-8-13(9-7-12)19-5-2/h6-11,15-16H,4-5H2,1-3H3. The van der Waals surface area contributed by atoms with Gasteiger partial charge in [0.05, 0.1) is 18.3 Å². The number of aryl methyl sites for hydroxylation is 1. The van der Waals surface area contributed by atoms with Crippen molar-refractivity contribution in [1.29, 1.82) is 0 Å². The van der Waals surface area contributed by atoms with Crippen molar-refractivity contribution in [3.8, 4) is 5.75 Å². The highest BCUT2D eigenvalue weighted by Crippen LogP contribution is 2.22. The van der Waals surface area contributed by atoms with Gasteiger partial charge < -0.3 is 10.1 Å². The summed E-state index contributed by atoms with van der Waals surface area (Å²) in [6.07, 6.45) is 1.97. The highest BCUT2D eigenvalue weighted by Gasteiger charge is 2.15. The first-order chi connectivity index (χ1) is 9.24. The molecule has 2 aromatic rings. The number of hydrogen-bond acceptors (Lipinski definition) is 3. The first kappa shape index (κ1) is 13.6. The molecule has 1 atom stereocenters. The predicted octanol–water partition coefficient (Wildman–Crippen LogP) is 2.52. The maximum atomic E-state index is 5.47. The van der Waals surface area contributed by atoms with Gasteiger partial charge in [-0.05, 0) is 37.2 Å². The van der Waals surface area contributed by atoms with Crippen molar-refractivity contribution in [3.05, 3.63) is 47.8 Å². The molecule has 1 heterocycles. The van der Waals surface area contributed by atoms with E-state index < -0.39 is 0 Å². The highest BCUT2D eigenvalue weighted by molar-refractivity contribution is 5.33. The van der Waals surface area contributed by atoms with Crippen LogP contribution in [0.25, 0.3) is 0 Å². The largest absolute Gasteiger partial charge is 0.494 e. The van der Waals surface area contributed by atoms with E-state index in [4.69, 9.17) is 4.74 Å². The van der Waals surface area contributed by atoms with E-state index in [1.54, 1.807) is 0 Å². The number of benzene rings is 1. The van der Waals surface area contributed by atoms with Gasteiger partial charge in [-0.15, -0.1) is 0 Å². The molecule has 0 saturated heterocycles. The van der Waals surface area contributed by atoms with Crippen LogP contribution in [-0.2, 0) is 7.05 Å². The molecule has 102 valence electrons.